The molecule has 0 spiro atoms. The average molecular weight is 328 g/mol. The highest BCUT2D eigenvalue weighted by atomic mass is 32.2. The van der Waals surface area contributed by atoms with Crippen molar-refractivity contribution in [2.45, 2.75) is 0 Å². The van der Waals surface area contributed by atoms with E-state index in [0.717, 1.165) is 0 Å². The van der Waals surface area contributed by atoms with E-state index in [1.807, 2.05) is 6.26 Å². The van der Waals surface area contributed by atoms with Crippen LogP contribution < -0.4 is 5.43 Å². The molecule has 0 unspecified atom stereocenters. The van der Waals surface area contributed by atoms with Crippen LogP contribution in [-0.2, 0) is 0 Å². The van der Waals surface area contributed by atoms with Crippen molar-refractivity contribution in [1.29, 1.82) is 0 Å². The van der Waals surface area contributed by atoms with E-state index in [1.54, 1.807) is 48.5 Å². The smallest absolute Gasteiger partial charge is 0.203 e. The van der Waals surface area contributed by atoms with Gasteiger partial charge in [-0.1, -0.05) is 36.0 Å². The van der Waals surface area contributed by atoms with Crippen LogP contribution in [-0.4, -0.2) is 34.1 Å². The average Bonchev–Trinajstić information content (AvgIpc) is 2.56. The molecule has 0 amide bonds. The van der Waals surface area contributed by atoms with Gasteiger partial charge >= 0.3 is 0 Å². The second kappa shape index (κ2) is 8.60. The lowest BCUT2D eigenvalue weighted by molar-refractivity contribution is 0.474. The van der Waals surface area contributed by atoms with Gasteiger partial charge < -0.3 is 10.2 Å². The summed E-state index contributed by atoms with van der Waals surface area (Å²) in [5, 5.41) is 31.6. The Labute approximate surface area is 138 Å². The van der Waals surface area contributed by atoms with Crippen LogP contribution in [0.15, 0.2) is 63.8 Å². The summed E-state index contributed by atoms with van der Waals surface area (Å²) in [6, 6.07) is 13.7. The number of phenolic OH excluding ortho intramolecular Hbond substituents is 2. The van der Waals surface area contributed by atoms with Gasteiger partial charge in [-0.05, 0) is 30.5 Å². The molecule has 0 bridgehead atoms. The van der Waals surface area contributed by atoms with Crippen LogP contribution in [0.1, 0.15) is 11.1 Å². The Hall–Kier alpha value is -2.80. The number of nitrogens with zero attached hydrogens (tertiary/aromatic N) is 3. The lowest BCUT2D eigenvalue weighted by Gasteiger charge is -2.00. The molecule has 0 aromatic heterocycles. The van der Waals surface area contributed by atoms with Crippen LogP contribution in [0.3, 0.4) is 0 Å². The topological polar surface area (TPSA) is 89.6 Å². The van der Waals surface area contributed by atoms with E-state index in [0.29, 0.717) is 16.3 Å². The molecule has 23 heavy (non-hydrogen) atoms. The zero-order chi connectivity index (χ0) is 16.5. The van der Waals surface area contributed by atoms with Gasteiger partial charge in [-0.3, -0.25) is 5.43 Å². The van der Waals surface area contributed by atoms with Crippen LogP contribution in [0.25, 0.3) is 0 Å². The fourth-order valence-corrected chi connectivity index (χ4v) is 1.88. The molecule has 0 radical (unpaired) electrons. The molecule has 0 saturated carbocycles. The fourth-order valence-electron chi connectivity index (χ4n) is 1.60. The summed E-state index contributed by atoms with van der Waals surface area (Å²) in [6.07, 6.45) is 4.78. The third-order valence-corrected chi connectivity index (χ3v) is 3.34. The van der Waals surface area contributed by atoms with Gasteiger partial charge in [-0.25, -0.2) is 0 Å². The van der Waals surface area contributed by atoms with Crippen molar-refractivity contribution >= 4 is 29.4 Å². The molecule has 0 saturated heterocycles. The number of para-hydroxylation sites is 2. The third-order valence-electron chi connectivity index (χ3n) is 2.78. The lowest BCUT2D eigenvalue weighted by atomic mass is 10.2. The van der Waals surface area contributed by atoms with Crippen LogP contribution in [0, 0.1) is 0 Å². The van der Waals surface area contributed by atoms with E-state index in [-0.39, 0.29) is 11.5 Å². The number of thioether (sulfide) groups is 1. The highest BCUT2D eigenvalue weighted by molar-refractivity contribution is 8.13. The Kier molecular flexibility index (Phi) is 6.19. The van der Waals surface area contributed by atoms with Crippen LogP contribution in [0.5, 0.6) is 11.5 Å². The summed E-state index contributed by atoms with van der Waals surface area (Å²) in [4.78, 5) is 0. The van der Waals surface area contributed by atoms with E-state index >= 15 is 0 Å². The summed E-state index contributed by atoms with van der Waals surface area (Å²) in [5.74, 6) is 0.293. The molecular weight excluding hydrogens is 312 g/mol. The first kappa shape index (κ1) is 16.6. The highest BCUT2D eigenvalue weighted by Gasteiger charge is 1.97. The van der Waals surface area contributed by atoms with Gasteiger partial charge in [0.1, 0.15) is 11.5 Å². The van der Waals surface area contributed by atoms with Crippen LogP contribution >= 0.6 is 11.8 Å². The van der Waals surface area contributed by atoms with Gasteiger partial charge in [0.2, 0.25) is 5.17 Å². The molecule has 0 atom stereocenters. The second-order valence-electron chi connectivity index (χ2n) is 4.34. The minimum atomic E-state index is 0.141. The number of hydrazone groups is 1. The van der Waals surface area contributed by atoms with Gasteiger partial charge in [-0.2, -0.15) is 10.2 Å². The first-order valence-electron chi connectivity index (χ1n) is 6.71. The highest BCUT2D eigenvalue weighted by Crippen LogP contribution is 2.13. The van der Waals surface area contributed by atoms with E-state index in [1.165, 1.54) is 24.2 Å². The van der Waals surface area contributed by atoms with Crippen LogP contribution in [0.2, 0.25) is 0 Å². The van der Waals surface area contributed by atoms with Crippen molar-refractivity contribution in [1.82, 2.24) is 5.43 Å². The largest absolute Gasteiger partial charge is 0.507 e. The summed E-state index contributed by atoms with van der Waals surface area (Å²) in [7, 11) is 0. The minimum Gasteiger partial charge on any atom is -0.507 e. The van der Waals surface area contributed by atoms with Gasteiger partial charge in [0.05, 0.1) is 12.4 Å². The summed E-state index contributed by atoms with van der Waals surface area (Å²) in [6.45, 7) is 0. The van der Waals surface area contributed by atoms with Crippen molar-refractivity contribution in [3.8, 4) is 11.5 Å². The molecule has 0 fully saturated rings. The summed E-state index contributed by atoms with van der Waals surface area (Å²) >= 11 is 1.33. The molecule has 0 heterocycles. The number of nitrogens with one attached hydrogen (secondary N) is 1. The molecule has 118 valence electrons. The molecule has 0 aliphatic heterocycles. The SMILES string of the molecule is CS/C(=N/N=C/c1ccccc1O)N/N=C/c1ccccc1O. The van der Waals surface area contributed by atoms with Gasteiger partial charge in [0.25, 0.3) is 0 Å². The molecule has 2 aromatic rings. The predicted octanol–water partition coefficient (Wildman–Crippen LogP) is 2.77. The van der Waals surface area contributed by atoms with Gasteiger partial charge in [0, 0.05) is 11.1 Å². The first-order valence-corrected chi connectivity index (χ1v) is 7.93. The minimum absolute atomic E-state index is 0.141. The van der Waals surface area contributed by atoms with Crippen molar-refractivity contribution < 1.29 is 10.2 Å². The standard InChI is InChI=1S/C16H16N4O2S/c1-23-16(19-17-10-12-6-2-4-8-14(12)21)20-18-11-13-7-3-5-9-15(13)22/h2-11,21-22H,1H3,(H,19,20)/b17-10+,18-11+. The summed E-state index contributed by atoms with van der Waals surface area (Å²) < 4.78 is 0. The molecule has 2 rings (SSSR count). The number of amidine groups is 1. The van der Waals surface area contributed by atoms with Crippen molar-refractivity contribution in [2.75, 3.05) is 6.26 Å². The molecule has 2 aromatic carbocycles. The molecule has 0 aliphatic rings. The molecule has 7 heteroatoms. The van der Waals surface area contributed by atoms with Crippen molar-refractivity contribution in [2.24, 2.45) is 15.3 Å². The van der Waals surface area contributed by atoms with Gasteiger partial charge in [-0.15, -0.1) is 5.10 Å². The molecule has 0 aliphatic carbocycles. The monoisotopic (exact) mass is 328 g/mol. The van der Waals surface area contributed by atoms with E-state index in [2.05, 4.69) is 20.7 Å². The van der Waals surface area contributed by atoms with Gasteiger partial charge in [0.15, 0.2) is 0 Å². The number of phenols is 2. The fraction of sp³-hybridized carbons (Fsp3) is 0.0625. The van der Waals surface area contributed by atoms with E-state index < -0.39 is 0 Å². The second-order valence-corrected chi connectivity index (χ2v) is 5.14. The number of aromatic hydroxyl groups is 2. The normalized spacial score (nSPS) is 12.1. The Balaban J connectivity index is 2.00. The number of rotatable bonds is 4. The zero-order valence-electron chi connectivity index (χ0n) is 12.4. The summed E-state index contributed by atoms with van der Waals surface area (Å²) in [5.41, 5.74) is 3.91. The molecular formula is C16H16N4O2S. The molecule has 3 N–H and O–H groups in total. The number of hydrogen-bond acceptors (Lipinski definition) is 6. The predicted molar refractivity (Wildman–Crippen MR) is 95.5 cm³/mol. The van der Waals surface area contributed by atoms with Crippen LogP contribution in [0.4, 0.5) is 0 Å². The van der Waals surface area contributed by atoms with Crippen molar-refractivity contribution in [3.63, 3.8) is 0 Å². The van der Waals surface area contributed by atoms with E-state index in [4.69, 9.17) is 0 Å². The first-order chi connectivity index (χ1) is 11.2. The maximum absolute atomic E-state index is 9.62. The van der Waals surface area contributed by atoms with E-state index in [9.17, 15) is 10.2 Å². The van der Waals surface area contributed by atoms with Crippen molar-refractivity contribution in [3.05, 3.63) is 59.7 Å². The Morgan fingerprint density at radius 2 is 1.52 bits per heavy atom. The quantitative estimate of drug-likeness (QED) is 0.457. The maximum Gasteiger partial charge on any atom is 0.203 e. The Bertz CT molecular complexity index is 744. The number of benzene rings is 2. The molecule has 6 nitrogen and oxygen atoms in total. The zero-order valence-corrected chi connectivity index (χ0v) is 13.2. The Morgan fingerprint density at radius 1 is 0.957 bits per heavy atom. The lowest BCUT2D eigenvalue weighted by Crippen LogP contribution is -2.13. The number of hydrogen-bond donors (Lipinski definition) is 3. The third kappa shape index (κ3) is 5.15. The maximum atomic E-state index is 9.62. The Morgan fingerprint density at radius 3 is 2.09 bits per heavy atom.